The number of halogens is 3. The second-order valence-corrected chi connectivity index (χ2v) is 7.05. The highest BCUT2D eigenvalue weighted by molar-refractivity contribution is 7.89. The number of aliphatic hydroxyl groups excluding tert-OH is 1. The number of pyridine rings is 1. The lowest BCUT2D eigenvalue weighted by atomic mass is 9.86. The molecule has 1 fully saturated rings. The Labute approximate surface area is 126 Å². The molecule has 0 aromatic carbocycles. The lowest BCUT2D eigenvalue weighted by molar-refractivity contribution is -0.141. The molecule has 0 bridgehead atoms. The van der Waals surface area contributed by atoms with Crippen molar-refractivity contribution in [2.45, 2.75) is 42.8 Å². The van der Waals surface area contributed by atoms with Gasteiger partial charge in [-0.2, -0.15) is 13.2 Å². The van der Waals surface area contributed by atoms with E-state index < -0.39 is 27.9 Å². The SMILES string of the molecule is O=S(=O)(NC1CCCCC1CO)c1ccc(C(F)(F)F)nc1. The highest BCUT2D eigenvalue weighted by Crippen LogP contribution is 2.28. The zero-order valence-electron chi connectivity index (χ0n) is 11.7. The molecule has 5 nitrogen and oxygen atoms in total. The van der Waals surface area contributed by atoms with Crippen molar-refractivity contribution < 1.29 is 26.7 Å². The Morgan fingerprint density at radius 1 is 1.27 bits per heavy atom. The molecule has 1 saturated carbocycles. The number of hydrogen-bond donors (Lipinski definition) is 2. The van der Waals surface area contributed by atoms with Crippen LogP contribution < -0.4 is 4.72 Å². The van der Waals surface area contributed by atoms with Crippen molar-refractivity contribution >= 4 is 10.0 Å². The molecule has 22 heavy (non-hydrogen) atoms. The van der Waals surface area contributed by atoms with Gasteiger partial charge in [0.2, 0.25) is 10.0 Å². The summed E-state index contributed by atoms with van der Waals surface area (Å²) in [7, 11) is -3.96. The van der Waals surface area contributed by atoms with Crippen molar-refractivity contribution in [2.75, 3.05) is 6.61 Å². The van der Waals surface area contributed by atoms with Gasteiger partial charge >= 0.3 is 6.18 Å². The van der Waals surface area contributed by atoms with Crippen LogP contribution in [0.1, 0.15) is 31.4 Å². The molecular formula is C13H17F3N2O3S. The van der Waals surface area contributed by atoms with Gasteiger partial charge in [-0.25, -0.2) is 13.1 Å². The molecule has 1 heterocycles. The lowest BCUT2D eigenvalue weighted by Gasteiger charge is -2.30. The first kappa shape index (κ1) is 17.2. The second-order valence-electron chi connectivity index (χ2n) is 5.33. The molecule has 2 N–H and O–H groups in total. The van der Waals surface area contributed by atoms with E-state index in [1.54, 1.807) is 0 Å². The molecule has 0 spiro atoms. The highest BCUT2D eigenvalue weighted by atomic mass is 32.2. The Morgan fingerprint density at radius 2 is 1.95 bits per heavy atom. The topological polar surface area (TPSA) is 79.3 Å². The van der Waals surface area contributed by atoms with Crippen molar-refractivity contribution in [3.05, 3.63) is 24.0 Å². The minimum atomic E-state index is -4.61. The van der Waals surface area contributed by atoms with Crippen LogP contribution in [0.3, 0.4) is 0 Å². The summed E-state index contributed by atoms with van der Waals surface area (Å²) in [5, 5.41) is 9.28. The third-order valence-electron chi connectivity index (χ3n) is 3.79. The maximum atomic E-state index is 12.4. The van der Waals surface area contributed by atoms with E-state index in [4.69, 9.17) is 0 Å². The number of sulfonamides is 1. The molecule has 9 heteroatoms. The van der Waals surface area contributed by atoms with E-state index in [0.717, 1.165) is 25.3 Å². The molecule has 1 aliphatic rings. The van der Waals surface area contributed by atoms with E-state index in [1.807, 2.05) is 0 Å². The van der Waals surface area contributed by atoms with E-state index in [-0.39, 0.29) is 17.4 Å². The van der Waals surface area contributed by atoms with E-state index in [0.29, 0.717) is 18.7 Å². The summed E-state index contributed by atoms with van der Waals surface area (Å²) in [6.07, 6.45) is -0.837. The molecule has 0 saturated heterocycles. The molecular weight excluding hydrogens is 321 g/mol. The summed E-state index contributed by atoms with van der Waals surface area (Å²) in [5.74, 6) is -0.175. The number of aromatic nitrogens is 1. The molecule has 1 aliphatic carbocycles. The number of hydrogen-bond acceptors (Lipinski definition) is 4. The van der Waals surface area contributed by atoms with Crippen LogP contribution in [-0.4, -0.2) is 31.2 Å². The third-order valence-corrected chi connectivity index (χ3v) is 5.26. The van der Waals surface area contributed by atoms with E-state index in [1.165, 1.54) is 0 Å². The molecule has 2 unspecified atom stereocenters. The number of alkyl halides is 3. The van der Waals surface area contributed by atoms with Gasteiger partial charge in [0, 0.05) is 18.8 Å². The van der Waals surface area contributed by atoms with Crippen LogP contribution >= 0.6 is 0 Å². The van der Waals surface area contributed by atoms with Crippen LogP contribution in [0.25, 0.3) is 0 Å². The van der Waals surface area contributed by atoms with Gasteiger partial charge in [-0.3, -0.25) is 4.98 Å². The van der Waals surface area contributed by atoms with Gasteiger partial charge in [0.1, 0.15) is 10.6 Å². The van der Waals surface area contributed by atoms with Gasteiger partial charge in [-0.15, -0.1) is 0 Å². The van der Waals surface area contributed by atoms with Gasteiger partial charge in [-0.1, -0.05) is 12.8 Å². The second kappa shape index (κ2) is 6.51. The summed E-state index contributed by atoms with van der Waals surface area (Å²) in [5.41, 5.74) is -1.14. The normalized spacial score (nSPS) is 23.5. The zero-order valence-corrected chi connectivity index (χ0v) is 12.5. The van der Waals surface area contributed by atoms with Gasteiger partial charge in [0.05, 0.1) is 0 Å². The first-order chi connectivity index (χ1) is 10.2. The van der Waals surface area contributed by atoms with Gasteiger partial charge in [0.15, 0.2) is 0 Å². The first-order valence-corrected chi connectivity index (χ1v) is 8.39. The van der Waals surface area contributed by atoms with E-state index in [2.05, 4.69) is 9.71 Å². The predicted molar refractivity (Wildman–Crippen MR) is 72.4 cm³/mol. The van der Waals surface area contributed by atoms with Gasteiger partial charge in [-0.05, 0) is 30.9 Å². The maximum Gasteiger partial charge on any atom is 0.433 e. The fraction of sp³-hybridized carbons (Fsp3) is 0.615. The van der Waals surface area contributed by atoms with Crippen LogP contribution in [0, 0.1) is 5.92 Å². The van der Waals surface area contributed by atoms with Crippen LogP contribution in [0.15, 0.2) is 23.2 Å². The smallest absolute Gasteiger partial charge is 0.396 e. The monoisotopic (exact) mass is 338 g/mol. The van der Waals surface area contributed by atoms with Crippen molar-refractivity contribution in [3.63, 3.8) is 0 Å². The van der Waals surface area contributed by atoms with Crippen LogP contribution in [0.2, 0.25) is 0 Å². The quantitative estimate of drug-likeness (QED) is 0.879. The summed E-state index contributed by atoms with van der Waals surface area (Å²) in [6, 6.07) is 1.11. The lowest BCUT2D eigenvalue weighted by Crippen LogP contribution is -2.43. The average Bonchev–Trinajstić information content (AvgIpc) is 2.47. The van der Waals surface area contributed by atoms with Crippen molar-refractivity contribution in [2.24, 2.45) is 5.92 Å². The van der Waals surface area contributed by atoms with Gasteiger partial charge < -0.3 is 5.11 Å². The Bertz CT molecular complexity index is 602. The predicted octanol–water partition coefficient (Wildman–Crippen LogP) is 1.93. The minimum Gasteiger partial charge on any atom is -0.396 e. The van der Waals surface area contributed by atoms with Crippen molar-refractivity contribution in [3.8, 4) is 0 Å². The molecule has 2 atom stereocenters. The number of rotatable bonds is 4. The summed E-state index contributed by atoms with van der Waals surface area (Å²) in [6.45, 7) is -0.127. The standard InChI is InChI=1S/C13H17F3N2O3S/c14-13(15,16)12-6-5-10(7-17-12)22(20,21)18-11-4-2-1-3-9(11)8-19/h5-7,9,11,18-19H,1-4,8H2. The van der Waals surface area contributed by atoms with Crippen LogP contribution in [0.4, 0.5) is 13.2 Å². The average molecular weight is 338 g/mol. The molecule has 124 valence electrons. The Kier molecular flexibility index (Phi) is 5.08. The van der Waals surface area contributed by atoms with Crippen LogP contribution in [-0.2, 0) is 16.2 Å². The maximum absolute atomic E-state index is 12.4. The van der Waals surface area contributed by atoms with E-state index in [9.17, 15) is 26.7 Å². The molecule has 2 rings (SSSR count). The Balaban J connectivity index is 2.16. The van der Waals surface area contributed by atoms with Crippen molar-refractivity contribution in [1.82, 2.24) is 9.71 Å². The fourth-order valence-corrected chi connectivity index (χ4v) is 3.84. The summed E-state index contributed by atoms with van der Waals surface area (Å²) >= 11 is 0. The largest absolute Gasteiger partial charge is 0.433 e. The highest BCUT2D eigenvalue weighted by Gasteiger charge is 2.33. The van der Waals surface area contributed by atoms with E-state index >= 15 is 0 Å². The Morgan fingerprint density at radius 3 is 2.50 bits per heavy atom. The minimum absolute atomic E-state index is 0.127. The zero-order chi connectivity index (χ0) is 16.4. The van der Waals surface area contributed by atoms with Crippen molar-refractivity contribution in [1.29, 1.82) is 0 Å². The fourth-order valence-electron chi connectivity index (χ4n) is 2.56. The van der Waals surface area contributed by atoms with Gasteiger partial charge in [0.25, 0.3) is 0 Å². The molecule has 1 aromatic heterocycles. The molecule has 0 radical (unpaired) electrons. The number of nitrogens with zero attached hydrogens (tertiary/aromatic N) is 1. The number of aliphatic hydroxyl groups is 1. The van der Waals surface area contributed by atoms with Crippen LogP contribution in [0.5, 0.6) is 0 Å². The molecule has 1 aromatic rings. The third kappa shape index (κ3) is 3.96. The molecule has 0 aliphatic heterocycles. The summed E-state index contributed by atoms with van der Waals surface area (Å²) < 4.78 is 64.2. The summed E-state index contributed by atoms with van der Waals surface area (Å²) in [4.78, 5) is 2.84. The first-order valence-electron chi connectivity index (χ1n) is 6.90. The molecule has 0 amide bonds. The number of nitrogens with one attached hydrogen (secondary N) is 1. The Hall–Kier alpha value is -1.19.